The molecule has 0 radical (unpaired) electrons. The van der Waals surface area contributed by atoms with Gasteiger partial charge in [-0.25, -0.2) is 9.78 Å². The lowest BCUT2D eigenvalue weighted by atomic mass is 10.1. The molecule has 1 unspecified atom stereocenters. The molecule has 0 bridgehead atoms. The molecule has 32 heavy (non-hydrogen) atoms. The first-order valence-electron chi connectivity index (χ1n) is 10.4. The Labute approximate surface area is 191 Å². The molecule has 2 heterocycles. The highest BCUT2D eigenvalue weighted by atomic mass is 32.1. The van der Waals surface area contributed by atoms with E-state index in [1.807, 2.05) is 38.1 Å². The van der Waals surface area contributed by atoms with Crippen LogP contribution in [0.15, 0.2) is 42.6 Å². The number of amides is 1. The standard InChI is InChI=1S/C24H27N3O4S/c1-14(2)31-20(24(29)30)12-17-9-10-25-18(11-17)13-26-22(28)21-16(4)27-23(32-21)19-8-6-5-7-15(19)3/h5-11,14,20H,12-13H2,1-4H3,(H,26,28)(H,29,30). The zero-order valence-electron chi connectivity index (χ0n) is 18.6. The van der Waals surface area contributed by atoms with Crippen molar-refractivity contribution in [1.82, 2.24) is 15.3 Å². The Kier molecular flexibility index (Phi) is 7.71. The number of carboxylic acids is 1. The number of rotatable bonds is 9. The second-order valence-corrected chi connectivity index (χ2v) is 8.80. The summed E-state index contributed by atoms with van der Waals surface area (Å²) in [6.45, 7) is 7.68. The topological polar surface area (TPSA) is 101 Å². The molecule has 2 N–H and O–H groups in total. The molecule has 2 aromatic heterocycles. The number of hydrogen-bond acceptors (Lipinski definition) is 6. The molecule has 0 aliphatic rings. The molecular formula is C24H27N3O4S. The Morgan fingerprint density at radius 3 is 2.62 bits per heavy atom. The van der Waals surface area contributed by atoms with Crippen LogP contribution in [0.25, 0.3) is 10.6 Å². The van der Waals surface area contributed by atoms with Crippen molar-refractivity contribution in [3.63, 3.8) is 0 Å². The fourth-order valence-electron chi connectivity index (χ4n) is 3.27. The number of thiazole rings is 1. The Morgan fingerprint density at radius 2 is 1.94 bits per heavy atom. The van der Waals surface area contributed by atoms with Crippen LogP contribution in [0.5, 0.6) is 0 Å². The first kappa shape index (κ1) is 23.6. The first-order chi connectivity index (χ1) is 15.2. The van der Waals surface area contributed by atoms with E-state index < -0.39 is 12.1 Å². The number of carboxylic acid groups (broad SMARTS) is 1. The van der Waals surface area contributed by atoms with E-state index in [-0.39, 0.29) is 25.0 Å². The van der Waals surface area contributed by atoms with Crippen molar-refractivity contribution >= 4 is 23.2 Å². The maximum absolute atomic E-state index is 12.8. The summed E-state index contributed by atoms with van der Waals surface area (Å²) in [5.41, 5.74) is 4.24. The van der Waals surface area contributed by atoms with E-state index >= 15 is 0 Å². The molecule has 1 aromatic carbocycles. The van der Waals surface area contributed by atoms with Gasteiger partial charge >= 0.3 is 5.97 Å². The maximum Gasteiger partial charge on any atom is 0.333 e. The minimum atomic E-state index is -1.00. The maximum atomic E-state index is 12.8. The molecule has 3 rings (SSSR count). The first-order valence-corrected chi connectivity index (χ1v) is 11.2. The van der Waals surface area contributed by atoms with Crippen LogP contribution >= 0.6 is 11.3 Å². The lowest BCUT2D eigenvalue weighted by Crippen LogP contribution is -2.29. The highest BCUT2D eigenvalue weighted by molar-refractivity contribution is 7.17. The fourth-order valence-corrected chi connectivity index (χ4v) is 4.35. The van der Waals surface area contributed by atoms with E-state index in [9.17, 15) is 14.7 Å². The number of benzene rings is 1. The van der Waals surface area contributed by atoms with Crippen LogP contribution < -0.4 is 5.32 Å². The van der Waals surface area contributed by atoms with Gasteiger partial charge in [0.1, 0.15) is 9.88 Å². The minimum Gasteiger partial charge on any atom is -0.479 e. The summed E-state index contributed by atoms with van der Waals surface area (Å²) >= 11 is 1.37. The zero-order valence-corrected chi connectivity index (χ0v) is 19.4. The van der Waals surface area contributed by atoms with Gasteiger partial charge in [-0.05, 0) is 51.0 Å². The van der Waals surface area contributed by atoms with Crippen LogP contribution in [0.4, 0.5) is 0 Å². The number of ether oxygens (including phenoxy) is 1. The van der Waals surface area contributed by atoms with Gasteiger partial charge in [0.15, 0.2) is 6.10 Å². The van der Waals surface area contributed by atoms with Crippen LogP contribution in [-0.2, 0) is 22.5 Å². The van der Waals surface area contributed by atoms with Gasteiger partial charge in [-0.2, -0.15) is 0 Å². The minimum absolute atomic E-state index is 0.191. The summed E-state index contributed by atoms with van der Waals surface area (Å²) in [4.78, 5) is 33.7. The number of nitrogens with one attached hydrogen (secondary N) is 1. The Bertz CT molecular complexity index is 1110. The molecule has 0 saturated carbocycles. The number of carbonyl (C=O) groups is 2. The number of pyridine rings is 1. The van der Waals surface area contributed by atoms with Crippen molar-refractivity contribution in [1.29, 1.82) is 0 Å². The van der Waals surface area contributed by atoms with Crippen LogP contribution in [0.3, 0.4) is 0 Å². The van der Waals surface area contributed by atoms with Crippen molar-refractivity contribution in [3.8, 4) is 10.6 Å². The lowest BCUT2D eigenvalue weighted by Gasteiger charge is -2.16. The molecule has 1 amide bonds. The normalized spacial score (nSPS) is 12.0. The third kappa shape index (κ3) is 5.99. The van der Waals surface area contributed by atoms with Crippen LogP contribution in [0.2, 0.25) is 0 Å². The Morgan fingerprint density at radius 1 is 1.19 bits per heavy atom. The third-order valence-corrected chi connectivity index (χ3v) is 6.01. The molecule has 0 saturated heterocycles. The van der Waals surface area contributed by atoms with Gasteiger partial charge in [-0.1, -0.05) is 24.3 Å². The van der Waals surface area contributed by atoms with Crippen LogP contribution in [0, 0.1) is 13.8 Å². The van der Waals surface area contributed by atoms with Crippen molar-refractivity contribution < 1.29 is 19.4 Å². The highest BCUT2D eigenvalue weighted by Crippen LogP contribution is 2.30. The summed E-state index contributed by atoms with van der Waals surface area (Å²) in [6, 6.07) is 11.5. The van der Waals surface area contributed by atoms with Crippen LogP contribution in [0.1, 0.15) is 46.0 Å². The monoisotopic (exact) mass is 453 g/mol. The second kappa shape index (κ2) is 10.5. The predicted octanol–water partition coefficient (Wildman–Crippen LogP) is 4.17. The summed E-state index contributed by atoms with van der Waals surface area (Å²) in [5.74, 6) is -1.21. The summed E-state index contributed by atoms with van der Waals surface area (Å²) in [6.07, 6.45) is 0.716. The largest absolute Gasteiger partial charge is 0.479 e. The number of hydrogen-bond donors (Lipinski definition) is 2. The lowest BCUT2D eigenvalue weighted by molar-refractivity contribution is -0.153. The van der Waals surface area contributed by atoms with Crippen molar-refractivity contribution in [3.05, 3.63) is 70.0 Å². The summed E-state index contributed by atoms with van der Waals surface area (Å²) in [5, 5.41) is 13.1. The van der Waals surface area contributed by atoms with Gasteiger partial charge in [-0.3, -0.25) is 9.78 Å². The molecule has 0 aliphatic carbocycles. The molecule has 0 spiro atoms. The van der Waals surface area contributed by atoms with Crippen molar-refractivity contribution in [2.75, 3.05) is 0 Å². The van der Waals surface area contributed by atoms with E-state index in [1.165, 1.54) is 11.3 Å². The second-order valence-electron chi connectivity index (χ2n) is 7.80. The number of aromatic nitrogens is 2. The van der Waals surface area contributed by atoms with Gasteiger partial charge in [0.05, 0.1) is 24.0 Å². The molecule has 168 valence electrons. The molecule has 3 aromatic rings. The van der Waals surface area contributed by atoms with Crippen LogP contribution in [-0.4, -0.2) is 39.2 Å². The molecule has 1 atom stereocenters. The van der Waals surface area contributed by atoms with Gasteiger partial charge in [-0.15, -0.1) is 11.3 Å². The molecule has 8 heteroatoms. The number of aryl methyl sites for hydroxylation is 2. The van der Waals surface area contributed by atoms with Crippen molar-refractivity contribution in [2.24, 2.45) is 0 Å². The van der Waals surface area contributed by atoms with Gasteiger partial charge in [0, 0.05) is 18.2 Å². The third-order valence-electron chi connectivity index (χ3n) is 4.82. The number of aliphatic carboxylic acids is 1. The van der Waals surface area contributed by atoms with E-state index in [1.54, 1.807) is 32.2 Å². The zero-order chi connectivity index (χ0) is 23.3. The number of carbonyl (C=O) groups excluding carboxylic acids is 1. The summed E-state index contributed by atoms with van der Waals surface area (Å²) in [7, 11) is 0. The average Bonchev–Trinajstić information content (AvgIpc) is 3.13. The molecule has 7 nitrogen and oxygen atoms in total. The summed E-state index contributed by atoms with van der Waals surface area (Å²) < 4.78 is 5.48. The number of nitrogens with zero attached hydrogens (tertiary/aromatic N) is 2. The van der Waals surface area contributed by atoms with Gasteiger partial charge in [0.2, 0.25) is 0 Å². The average molecular weight is 454 g/mol. The van der Waals surface area contributed by atoms with E-state index in [0.29, 0.717) is 16.3 Å². The van der Waals surface area contributed by atoms with Gasteiger partial charge < -0.3 is 15.2 Å². The molecular weight excluding hydrogens is 426 g/mol. The quantitative estimate of drug-likeness (QED) is 0.504. The SMILES string of the molecule is Cc1ccccc1-c1nc(C)c(C(=O)NCc2cc(CC(OC(C)C)C(=O)O)ccn2)s1. The molecule has 0 aliphatic heterocycles. The Balaban J connectivity index is 1.67. The van der Waals surface area contributed by atoms with E-state index in [2.05, 4.69) is 15.3 Å². The highest BCUT2D eigenvalue weighted by Gasteiger charge is 2.21. The van der Waals surface area contributed by atoms with E-state index in [0.717, 1.165) is 21.7 Å². The smallest absolute Gasteiger partial charge is 0.333 e. The molecule has 0 fully saturated rings. The Hall–Kier alpha value is -3.10. The van der Waals surface area contributed by atoms with E-state index in [4.69, 9.17) is 4.74 Å². The fraction of sp³-hybridized carbons (Fsp3) is 0.333. The predicted molar refractivity (Wildman–Crippen MR) is 124 cm³/mol. The van der Waals surface area contributed by atoms with Gasteiger partial charge in [0.25, 0.3) is 5.91 Å². The van der Waals surface area contributed by atoms with Crippen molar-refractivity contribution in [2.45, 2.75) is 52.9 Å².